The lowest BCUT2D eigenvalue weighted by Gasteiger charge is -2.15. The minimum absolute atomic E-state index is 0.657. The number of allylic oxidation sites excluding steroid dienone is 2. The summed E-state index contributed by atoms with van der Waals surface area (Å²) in [5.41, 5.74) is 0. The van der Waals surface area contributed by atoms with Gasteiger partial charge in [0.1, 0.15) is 0 Å². The van der Waals surface area contributed by atoms with Gasteiger partial charge in [-0.3, -0.25) is 0 Å². The minimum Gasteiger partial charge on any atom is -0.306 e. The number of hydrogen-bond acceptors (Lipinski definition) is 1. The fourth-order valence-electron chi connectivity index (χ4n) is 1.09. The Morgan fingerprint density at radius 1 is 1.30 bits per heavy atom. The molecular weight excluding hydrogens is 122 g/mol. The van der Waals surface area contributed by atoms with E-state index in [0.717, 1.165) is 13.1 Å². The highest BCUT2D eigenvalue weighted by atomic mass is 15.1. The summed E-state index contributed by atoms with van der Waals surface area (Å²) < 4.78 is 0. The molecular formula is C9H15N. The summed E-state index contributed by atoms with van der Waals surface area (Å²) in [6.07, 6.45) is 8.72. The fourth-order valence-corrected chi connectivity index (χ4v) is 1.09. The van der Waals surface area contributed by atoms with Crippen LogP contribution in [0, 0.1) is 5.92 Å². The van der Waals surface area contributed by atoms with E-state index in [0.29, 0.717) is 5.92 Å². The molecule has 1 nitrogen and oxygen atoms in total. The molecule has 0 aromatic carbocycles. The molecule has 0 saturated heterocycles. The van der Waals surface area contributed by atoms with Crippen LogP contribution < -0.4 is 0 Å². The van der Waals surface area contributed by atoms with E-state index in [1.54, 1.807) is 0 Å². The van der Waals surface area contributed by atoms with Crippen LogP contribution in [-0.4, -0.2) is 25.0 Å². The predicted octanol–water partition coefficient (Wildman–Crippen LogP) is 1.68. The molecule has 0 unspecified atom stereocenters. The van der Waals surface area contributed by atoms with Gasteiger partial charge in [0.15, 0.2) is 0 Å². The summed E-state index contributed by atoms with van der Waals surface area (Å²) >= 11 is 0. The highest BCUT2D eigenvalue weighted by Crippen LogP contribution is 2.09. The molecule has 1 heteroatoms. The zero-order valence-corrected chi connectivity index (χ0v) is 6.75. The van der Waals surface area contributed by atoms with Gasteiger partial charge in [-0.25, -0.2) is 0 Å². The standard InChI is InChI=1S/C9H15N/c1-3-10(2)8-9-6-4-5-7-9/h4-7,9H,3,8H2,1-2H3. The number of nitrogens with zero attached hydrogens (tertiary/aromatic N) is 1. The van der Waals surface area contributed by atoms with Crippen molar-refractivity contribution in [1.82, 2.24) is 4.90 Å². The minimum atomic E-state index is 0.657. The predicted molar refractivity (Wildman–Crippen MR) is 44.9 cm³/mol. The Labute approximate surface area is 63.0 Å². The Kier molecular flexibility index (Phi) is 2.69. The van der Waals surface area contributed by atoms with Crippen molar-refractivity contribution < 1.29 is 0 Å². The SMILES string of the molecule is CCN(C)CC1C=CC=C1. The zero-order valence-electron chi connectivity index (χ0n) is 6.75. The van der Waals surface area contributed by atoms with E-state index in [4.69, 9.17) is 0 Å². The summed E-state index contributed by atoms with van der Waals surface area (Å²) in [5, 5.41) is 0. The Morgan fingerprint density at radius 2 is 1.90 bits per heavy atom. The molecule has 0 bridgehead atoms. The van der Waals surface area contributed by atoms with Gasteiger partial charge in [0.25, 0.3) is 0 Å². The van der Waals surface area contributed by atoms with Crippen LogP contribution in [0.15, 0.2) is 24.3 Å². The Balaban J connectivity index is 2.25. The second-order valence-corrected chi connectivity index (χ2v) is 2.79. The first-order valence-electron chi connectivity index (χ1n) is 3.86. The van der Waals surface area contributed by atoms with Crippen molar-refractivity contribution in [3.8, 4) is 0 Å². The maximum atomic E-state index is 2.32. The molecule has 0 N–H and O–H groups in total. The quantitative estimate of drug-likeness (QED) is 0.572. The van der Waals surface area contributed by atoms with Crippen molar-refractivity contribution in [2.75, 3.05) is 20.1 Å². The monoisotopic (exact) mass is 137 g/mol. The summed E-state index contributed by atoms with van der Waals surface area (Å²) in [7, 11) is 2.15. The first kappa shape index (κ1) is 7.55. The van der Waals surface area contributed by atoms with Gasteiger partial charge >= 0.3 is 0 Å². The number of rotatable bonds is 3. The molecule has 0 spiro atoms. The van der Waals surface area contributed by atoms with E-state index < -0.39 is 0 Å². The molecule has 56 valence electrons. The average Bonchev–Trinajstić information content (AvgIpc) is 2.40. The summed E-state index contributed by atoms with van der Waals surface area (Å²) in [5.74, 6) is 0.657. The van der Waals surface area contributed by atoms with Gasteiger partial charge in [0.05, 0.1) is 0 Å². The molecule has 0 amide bonds. The molecule has 0 radical (unpaired) electrons. The second kappa shape index (κ2) is 3.57. The van der Waals surface area contributed by atoms with Gasteiger partial charge in [0.2, 0.25) is 0 Å². The fraction of sp³-hybridized carbons (Fsp3) is 0.556. The molecule has 0 fully saturated rings. The number of hydrogen-bond donors (Lipinski definition) is 0. The third kappa shape index (κ3) is 1.99. The third-order valence-corrected chi connectivity index (χ3v) is 1.89. The van der Waals surface area contributed by atoms with Gasteiger partial charge in [0, 0.05) is 12.5 Å². The van der Waals surface area contributed by atoms with Crippen LogP contribution >= 0.6 is 0 Å². The lowest BCUT2D eigenvalue weighted by Crippen LogP contribution is -2.22. The van der Waals surface area contributed by atoms with Crippen LogP contribution in [0.25, 0.3) is 0 Å². The lowest BCUT2D eigenvalue weighted by atomic mass is 10.1. The maximum Gasteiger partial charge on any atom is 0.00803 e. The Hall–Kier alpha value is -0.560. The van der Waals surface area contributed by atoms with Crippen molar-refractivity contribution in [2.45, 2.75) is 6.92 Å². The summed E-state index contributed by atoms with van der Waals surface area (Å²) in [6, 6.07) is 0. The molecule has 0 aliphatic heterocycles. The van der Waals surface area contributed by atoms with E-state index in [1.165, 1.54) is 0 Å². The van der Waals surface area contributed by atoms with Gasteiger partial charge < -0.3 is 4.90 Å². The van der Waals surface area contributed by atoms with E-state index >= 15 is 0 Å². The topological polar surface area (TPSA) is 3.24 Å². The summed E-state index contributed by atoms with van der Waals surface area (Å²) in [6.45, 7) is 4.48. The zero-order chi connectivity index (χ0) is 7.40. The molecule has 0 aromatic heterocycles. The van der Waals surface area contributed by atoms with E-state index in [9.17, 15) is 0 Å². The highest BCUT2D eigenvalue weighted by molar-refractivity contribution is 5.17. The highest BCUT2D eigenvalue weighted by Gasteiger charge is 2.04. The van der Waals surface area contributed by atoms with Gasteiger partial charge in [-0.2, -0.15) is 0 Å². The smallest absolute Gasteiger partial charge is 0.00803 e. The van der Waals surface area contributed by atoms with Crippen LogP contribution in [-0.2, 0) is 0 Å². The van der Waals surface area contributed by atoms with Crippen molar-refractivity contribution >= 4 is 0 Å². The maximum absolute atomic E-state index is 2.32. The molecule has 0 atom stereocenters. The lowest BCUT2D eigenvalue weighted by molar-refractivity contribution is 0.336. The molecule has 0 saturated carbocycles. The molecule has 10 heavy (non-hydrogen) atoms. The molecule has 1 aliphatic rings. The molecule has 0 aromatic rings. The van der Waals surface area contributed by atoms with Crippen LogP contribution in [0.3, 0.4) is 0 Å². The Bertz CT molecular complexity index is 135. The van der Waals surface area contributed by atoms with E-state index in [1.807, 2.05) is 0 Å². The van der Waals surface area contributed by atoms with Gasteiger partial charge in [-0.15, -0.1) is 0 Å². The van der Waals surface area contributed by atoms with Gasteiger partial charge in [-0.05, 0) is 13.6 Å². The molecule has 0 heterocycles. The molecule has 1 aliphatic carbocycles. The molecule has 1 rings (SSSR count). The van der Waals surface area contributed by atoms with Crippen LogP contribution in [0.1, 0.15) is 6.92 Å². The van der Waals surface area contributed by atoms with Crippen LogP contribution in [0.5, 0.6) is 0 Å². The third-order valence-electron chi connectivity index (χ3n) is 1.89. The Morgan fingerprint density at radius 3 is 2.40 bits per heavy atom. The van der Waals surface area contributed by atoms with Gasteiger partial charge in [-0.1, -0.05) is 31.2 Å². The van der Waals surface area contributed by atoms with Crippen molar-refractivity contribution in [2.24, 2.45) is 5.92 Å². The van der Waals surface area contributed by atoms with Crippen molar-refractivity contribution in [3.05, 3.63) is 24.3 Å². The first-order valence-corrected chi connectivity index (χ1v) is 3.86. The average molecular weight is 137 g/mol. The largest absolute Gasteiger partial charge is 0.306 e. The van der Waals surface area contributed by atoms with E-state index in [-0.39, 0.29) is 0 Å². The van der Waals surface area contributed by atoms with Crippen molar-refractivity contribution in [3.63, 3.8) is 0 Å². The first-order chi connectivity index (χ1) is 4.83. The van der Waals surface area contributed by atoms with Crippen LogP contribution in [0.4, 0.5) is 0 Å². The van der Waals surface area contributed by atoms with Crippen LogP contribution in [0.2, 0.25) is 0 Å². The second-order valence-electron chi connectivity index (χ2n) is 2.79. The summed E-state index contributed by atoms with van der Waals surface area (Å²) in [4.78, 5) is 2.32. The normalized spacial score (nSPS) is 17.5. The van der Waals surface area contributed by atoms with Crippen molar-refractivity contribution in [1.29, 1.82) is 0 Å². The van der Waals surface area contributed by atoms with E-state index in [2.05, 4.69) is 43.2 Å².